The maximum absolute atomic E-state index is 11.6. The first kappa shape index (κ1) is 11.1. The fraction of sp³-hybridized carbons (Fsp3) is 0.600. The van der Waals surface area contributed by atoms with E-state index >= 15 is 0 Å². The number of aryl methyl sites for hydroxylation is 1. The fourth-order valence-electron chi connectivity index (χ4n) is 1.91. The van der Waals surface area contributed by atoms with Gasteiger partial charge in [-0.25, -0.2) is 0 Å². The molecule has 0 aromatic carbocycles. The Kier molecular flexibility index (Phi) is 2.47. The Balaban J connectivity index is 2.00. The Hall–Kier alpha value is -1.40. The van der Waals surface area contributed by atoms with Gasteiger partial charge in [0.1, 0.15) is 5.76 Å². The van der Waals surface area contributed by atoms with Crippen LogP contribution in [0.15, 0.2) is 15.4 Å². The molecule has 6 heteroatoms. The van der Waals surface area contributed by atoms with Crippen molar-refractivity contribution in [2.24, 2.45) is 0 Å². The number of carbonyl (C=O) groups excluding carboxylic acids is 1. The van der Waals surface area contributed by atoms with Gasteiger partial charge in [0, 0.05) is 19.2 Å². The van der Waals surface area contributed by atoms with E-state index in [0.29, 0.717) is 18.8 Å². The zero-order chi connectivity index (χ0) is 11.9. The standard InChI is InChI=1S/C10H14N2O4/c1-7-3-8(13)12(16-7)9(14)4-11-5-10(2,15)6-11/h3,15H,4-6H2,1-2H3. The Morgan fingerprint density at radius 1 is 1.62 bits per heavy atom. The molecular formula is C10H14N2O4. The van der Waals surface area contributed by atoms with Crippen LogP contribution in [0.1, 0.15) is 17.5 Å². The highest BCUT2D eigenvalue weighted by molar-refractivity contribution is 5.79. The molecule has 0 radical (unpaired) electrons. The Bertz CT molecular complexity index is 463. The smallest absolute Gasteiger partial charge is 0.290 e. The Morgan fingerprint density at radius 3 is 2.69 bits per heavy atom. The van der Waals surface area contributed by atoms with Gasteiger partial charge < -0.3 is 9.63 Å². The molecular weight excluding hydrogens is 212 g/mol. The summed E-state index contributed by atoms with van der Waals surface area (Å²) in [4.78, 5) is 24.7. The van der Waals surface area contributed by atoms with Crippen LogP contribution >= 0.6 is 0 Å². The van der Waals surface area contributed by atoms with Crippen LogP contribution < -0.4 is 5.56 Å². The lowest BCUT2D eigenvalue weighted by atomic mass is 9.97. The molecule has 0 aliphatic carbocycles. The Morgan fingerprint density at radius 2 is 2.25 bits per heavy atom. The van der Waals surface area contributed by atoms with Crippen LogP contribution in [0, 0.1) is 6.92 Å². The van der Waals surface area contributed by atoms with Crippen LogP contribution in [0.25, 0.3) is 0 Å². The van der Waals surface area contributed by atoms with Gasteiger partial charge in [-0.1, -0.05) is 0 Å². The molecule has 1 aromatic heterocycles. The number of hydrogen-bond acceptors (Lipinski definition) is 5. The van der Waals surface area contributed by atoms with Crippen LogP contribution in [0.4, 0.5) is 0 Å². The molecule has 1 aliphatic heterocycles. The minimum atomic E-state index is -0.718. The summed E-state index contributed by atoms with van der Waals surface area (Å²) >= 11 is 0. The second-order valence-corrected chi connectivity index (χ2v) is 4.51. The van der Waals surface area contributed by atoms with E-state index in [2.05, 4.69) is 0 Å². The zero-order valence-electron chi connectivity index (χ0n) is 9.27. The molecule has 0 unspecified atom stereocenters. The average molecular weight is 226 g/mol. The van der Waals surface area contributed by atoms with Crippen molar-refractivity contribution in [1.82, 2.24) is 9.64 Å². The molecule has 1 fully saturated rings. The van der Waals surface area contributed by atoms with Crippen molar-refractivity contribution in [3.63, 3.8) is 0 Å². The minimum absolute atomic E-state index is 0.0863. The van der Waals surface area contributed by atoms with E-state index in [1.54, 1.807) is 18.7 Å². The maximum atomic E-state index is 11.6. The van der Waals surface area contributed by atoms with Gasteiger partial charge in [-0.3, -0.25) is 14.5 Å². The molecule has 2 rings (SSSR count). The molecule has 0 amide bonds. The van der Waals surface area contributed by atoms with Crippen molar-refractivity contribution in [2.75, 3.05) is 19.6 Å². The van der Waals surface area contributed by atoms with Gasteiger partial charge in [-0.15, -0.1) is 4.74 Å². The lowest BCUT2D eigenvalue weighted by Crippen LogP contribution is -2.61. The number of likely N-dealkylation sites (tertiary alicyclic amines) is 1. The van der Waals surface area contributed by atoms with Crippen LogP contribution in [0.2, 0.25) is 0 Å². The van der Waals surface area contributed by atoms with Crippen molar-refractivity contribution in [2.45, 2.75) is 19.4 Å². The summed E-state index contributed by atoms with van der Waals surface area (Å²) in [7, 11) is 0. The third kappa shape index (κ3) is 2.07. The van der Waals surface area contributed by atoms with Gasteiger partial charge in [-0.05, 0) is 13.8 Å². The van der Waals surface area contributed by atoms with Crippen LogP contribution in [-0.4, -0.2) is 45.9 Å². The number of β-amino-alcohol motifs (C(OH)–C–C–N with tert-alkyl or cyclic N) is 1. The van der Waals surface area contributed by atoms with E-state index in [9.17, 15) is 14.7 Å². The Labute approximate surface area is 92.0 Å². The first-order valence-corrected chi connectivity index (χ1v) is 5.05. The molecule has 0 spiro atoms. The van der Waals surface area contributed by atoms with Crippen LogP contribution in [0.5, 0.6) is 0 Å². The second kappa shape index (κ2) is 3.57. The third-order valence-electron chi connectivity index (χ3n) is 2.48. The summed E-state index contributed by atoms with van der Waals surface area (Å²) in [5.74, 6) is 0.00237. The number of nitrogens with zero attached hydrogens (tertiary/aromatic N) is 2. The van der Waals surface area contributed by atoms with Gasteiger partial charge >= 0.3 is 0 Å². The SMILES string of the molecule is Cc1cc(=O)n(C(=O)CN2CC(C)(O)C2)o1. The second-order valence-electron chi connectivity index (χ2n) is 4.51. The molecule has 0 atom stereocenters. The van der Waals surface area contributed by atoms with Gasteiger partial charge in [0.15, 0.2) is 0 Å². The summed E-state index contributed by atoms with van der Waals surface area (Å²) in [5.41, 5.74) is -1.17. The van der Waals surface area contributed by atoms with E-state index < -0.39 is 17.1 Å². The molecule has 1 aliphatic rings. The summed E-state index contributed by atoms with van der Waals surface area (Å²) < 4.78 is 5.72. The van der Waals surface area contributed by atoms with E-state index in [0.717, 1.165) is 4.74 Å². The van der Waals surface area contributed by atoms with Crippen LogP contribution in [-0.2, 0) is 0 Å². The summed E-state index contributed by atoms with van der Waals surface area (Å²) in [5, 5.41) is 9.48. The summed E-state index contributed by atoms with van der Waals surface area (Å²) in [6, 6.07) is 1.27. The van der Waals surface area contributed by atoms with Crippen molar-refractivity contribution in [1.29, 1.82) is 0 Å². The third-order valence-corrected chi connectivity index (χ3v) is 2.48. The average Bonchev–Trinajstić information content (AvgIpc) is 2.42. The highest BCUT2D eigenvalue weighted by Gasteiger charge is 2.37. The number of aromatic nitrogens is 1. The lowest BCUT2D eigenvalue weighted by Gasteiger charge is -2.43. The lowest BCUT2D eigenvalue weighted by molar-refractivity contribution is -0.0799. The van der Waals surface area contributed by atoms with E-state index in [4.69, 9.17) is 4.52 Å². The quantitative estimate of drug-likeness (QED) is 0.732. The molecule has 16 heavy (non-hydrogen) atoms. The van der Waals surface area contributed by atoms with E-state index in [-0.39, 0.29) is 6.54 Å². The van der Waals surface area contributed by atoms with Crippen molar-refractivity contribution in [3.05, 3.63) is 22.2 Å². The van der Waals surface area contributed by atoms with E-state index in [1.807, 2.05) is 0 Å². The maximum Gasteiger partial charge on any atom is 0.290 e. The first-order valence-electron chi connectivity index (χ1n) is 5.05. The first-order chi connectivity index (χ1) is 7.37. The zero-order valence-corrected chi connectivity index (χ0v) is 9.27. The fourth-order valence-corrected chi connectivity index (χ4v) is 1.91. The number of carbonyl (C=O) groups is 1. The van der Waals surface area contributed by atoms with Gasteiger partial charge in [0.2, 0.25) is 0 Å². The van der Waals surface area contributed by atoms with Gasteiger partial charge in [0.25, 0.3) is 11.5 Å². The van der Waals surface area contributed by atoms with Crippen LogP contribution in [0.3, 0.4) is 0 Å². The molecule has 2 heterocycles. The van der Waals surface area contributed by atoms with E-state index in [1.165, 1.54) is 6.07 Å². The molecule has 1 N–H and O–H groups in total. The van der Waals surface area contributed by atoms with Crippen molar-refractivity contribution < 1.29 is 14.4 Å². The minimum Gasteiger partial charge on any atom is -0.388 e. The van der Waals surface area contributed by atoms with Crippen molar-refractivity contribution >= 4 is 5.91 Å². The molecule has 0 bridgehead atoms. The number of rotatable bonds is 2. The number of aliphatic hydroxyl groups is 1. The van der Waals surface area contributed by atoms with Gasteiger partial charge in [0.05, 0.1) is 12.1 Å². The predicted octanol–water partition coefficient (Wildman–Crippen LogP) is -0.543. The molecule has 0 saturated carbocycles. The largest absolute Gasteiger partial charge is 0.388 e. The highest BCUT2D eigenvalue weighted by atomic mass is 16.5. The van der Waals surface area contributed by atoms with Crippen molar-refractivity contribution in [3.8, 4) is 0 Å². The molecule has 1 saturated heterocycles. The highest BCUT2D eigenvalue weighted by Crippen LogP contribution is 2.18. The number of hydrogen-bond donors (Lipinski definition) is 1. The normalized spacial score (nSPS) is 19.4. The van der Waals surface area contributed by atoms with Gasteiger partial charge in [-0.2, -0.15) is 0 Å². The predicted molar refractivity (Wildman–Crippen MR) is 55.4 cm³/mol. The molecule has 6 nitrogen and oxygen atoms in total. The molecule has 88 valence electrons. The summed E-state index contributed by atoms with van der Waals surface area (Å²) in [6.45, 7) is 4.28. The molecule has 1 aromatic rings. The monoisotopic (exact) mass is 226 g/mol. The summed E-state index contributed by atoms with van der Waals surface area (Å²) in [6.07, 6.45) is 0. The topological polar surface area (TPSA) is 75.7 Å².